The Morgan fingerprint density at radius 1 is 1.29 bits per heavy atom. The summed E-state index contributed by atoms with van der Waals surface area (Å²) >= 11 is 3.23. The van der Waals surface area contributed by atoms with E-state index in [1.54, 1.807) is 12.1 Å². The van der Waals surface area contributed by atoms with Gasteiger partial charge in [0.2, 0.25) is 0 Å². The molecular weight excluding hydrogens is 337 g/mol. The molecule has 21 heavy (non-hydrogen) atoms. The van der Waals surface area contributed by atoms with E-state index in [2.05, 4.69) is 36.6 Å². The average molecular weight is 354 g/mol. The van der Waals surface area contributed by atoms with Crippen molar-refractivity contribution in [1.82, 2.24) is 9.97 Å². The Bertz CT molecular complexity index is 648. The van der Waals surface area contributed by atoms with Crippen LogP contribution in [0.15, 0.2) is 22.7 Å². The molecule has 7 heteroatoms. The summed E-state index contributed by atoms with van der Waals surface area (Å²) in [6, 6.07) is 4.81. The van der Waals surface area contributed by atoms with Gasteiger partial charge in [-0.3, -0.25) is 0 Å². The molecule has 0 fully saturated rings. The predicted molar refractivity (Wildman–Crippen MR) is 86.0 cm³/mol. The van der Waals surface area contributed by atoms with E-state index in [1.807, 2.05) is 13.8 Å². The van der Waals surface area contributed by atoms with Gasteiger partial charge in [-0.15, -0.1) is 0 Å². The molecule has 1 aromatic carbocycles. The summed E-state index contributed by atoms with van der Waals surface area (Å²) in [4.78, 5) is 8.76. The van der Waals surface area contributed by atoms with Crippen LogP contribution in [0.25, 0.3) is 0 Å². The highest BCUT2D eigenvalue weighted by Crippen LogP contribution is 2.26. The smallest absolute Gasteiger partial charge is 0.148 e. The van der Waals surface area contributed by atoms with Gasteiger partial charge in [-0.25, -0.2) is 20.2 Å². The molecule has 112 valence electrons. The number of aryl methyl sites for hydroxylation is 1. The summed E-state index contributed by atoms with van der Waals surface area (Å²) in [5.41, 5.74) is 3.64. The van der Waals surface area contributed by atoms with Gasteiger partial charge in [0.15, 0.2) is 0 Å². The lowest BCUT2D eigenvalue weighted by atomic mass is 10.2. The number of aromatic nitrogens is 2. The largest absolute Gasteiger partial charge is 0.337 e. The Balaban J connectivity index is 2.40. The molecular formula is C14H17BrFN5. The van der Waals surface area contributed by atoms with Crippen LogP contribution in [0.4, 0.5) is 21.7 Å². The van der Waals surface area contributed by atoms with Gasteiger partial charge in [-0.05, 0) is 31.5 Å². The quantitative estimate of drug-likeness (QED) is 0.564. The highest BCUT2D eigenvalue weighted by atomic mass is 79.9. The second-order valence-electron chi connectivity index (χ2n) is 4.61. The topological polar surface area (TPSA) is 75.9 Å². The van der Waals surface area contributed by atoms with E-state index >= 15 is 0 Å². The number of hydrogen-bond acceptors (Lipinski definition) is 5. The SMILES string of the molecule is CCCc1nc(NN)c(C)c(Nc2ccc(Br)cc2F)n1. The summed E-state index contributed by atoms with van der Waals surface area (Å²) < 4.78 is 14.6. The molecule has 0 unspecified atom stereocenters. The Morgan fingerprint density at radius 3 is 2.62 bits per heavy atom. The van der Waals surface area contributed by atoms with Gasteiger partial charge in [-0.2, -0.15) is 0 Å². The van der Waals surface area contributed by atoms with Crippen LogP contribution >= 0.6 is 15.9 Å². The Kier molecular flexibility index (Phi) is 5.08. The third-order valence-electron chi connectivity index (χ3n) is 2.99. The summed E-state index contributed by atoms with van der Waals surface area (Å²) in [7, 11) is 0. The molecule has 0 aliphatic heterocycles. The monoisotopic (exact) mass is 353 g/mol. The molecule has 0 saturated carbocycles. The van der Waals surface area contributed by atoms with Crippen molar-refractivity contribution in [2.45, 2.75) is 26.7 Å². The third kappa shape index (κ3) is 3.68. The number of nitrogens with two attached hydrogens (primary N) is 1. The summed E-state index contributed by atoms with van der Waals surface area (Å²) in [5, 5.41) is 3.00. The summed E-state index contributed by atoms with van der Waals surface area (Å²) in [5.74, 6) is 6.86. The van der Waals surface area contributed by atoms with Crippen molar-refractivity contribution in [2.75, 3.05) is 10.7 Å². The molecule has 0 radical (unpaired) electrons. The second-order valence-corrected chi connectivity index (χ2v) is 5.52. The van der Waals surface area contributed by atoms with Gasteiger partial charge in [0.25, 0.3) is 0 Å². The fourth-order valence-electron chi connectivity index (χ4n) is 1.88. The highest BCUT2D eigenvalue weighted by Gasteiger charge is 2.12. The van der Waals surface area contributed by atoms with Gasteiger partial charge in [0.05, 0.1) is 5.69 Å². The maximum atomic E-state index is 13.9. The lowest BCUT2D eigenvalue weighted by Crippen LogP contribution is -2.14. The van der Waals surface area contributed by atoms with Crippen molar-refractivity contribution in [3.63, 3.8) is 0 Å². The number of anilines is 3. The van der Waals surface area contributed by atoms with Crippen LogP contribution in [0.5, 0.6) is 0 Å². The Hall–Kier alpha value is -1.73. The van der Waals surface area contributed by atoms with Crippen molar-refractivity contribution in [3.05, 3.63) is 39.9 Å². The van der Waals surface area contributed by atoms with Crippen LogP contribution in [0.1, 0.15) is 24.7 Å². The van der Waals surface area contributed by atoms with Gasteiger partial charge < -0.3 is 10.7 Å². The van der Waals surface area contributed by atoms with Crippen molar-refractivity contribution in [1.29, 1.82) is 0 Å². The first-order chi connectivity index (χ1) is 10.0. The summed E-state index contributed by atoms with van der Waals surface area (Å²) in [6.45, 7) is 3.87. The molecule has 0 aliphatic rings. The number of nitrogen functional groups attached to an aromatic ring is 1. The molecule has 1 heterocycles. The summed E-state index contributed by atoms with van der Waals surface area (Å²) in [6.07, 6.45) is 1.64. The standard InChI is InChI=1S/C14H17BrFN5/c1-3-4-12-19-13(8(2)14(20-12)21-17)18-11-6-5-9(15)7-10(11)16/h5-7H,3-4,17H2,1-2H3,(H2,18,19,20,21). The first-order valence-corrected chi connectivity index (χ1v) is 7.40. The lowest BCUT2D eigenvalue weighted by Gasteiger charge is -2.14. The molecule has 5 nitrogen and oxygen atoms in total. The fourth-order valence-corrected chi connectivity index (χ4v) is 2.21. The average Bonchev–Trinajstić information content (AvgIpc) is 2.45. The van der Waals surface area contributed by atoms with Gasteiger partial charge in [0.1, 0.15) is 23.3 Å². The Labute approximate surface area is 131 Å². The van der Waals surface area contributed by atoms with E-state index in [1.165, 1.54) is 6.07 Å². The minimum atomic E-state index is -0.360. The first-order valence-electron chi connectivity index (χ1n) is 6.61. The van der Waals surface area contributed by atoms with E-state index < -0.39 is 0 Å². The van der Waals surface area contributed by atoms with Crippen LogP contribution in [0.3, 0.4) is 0 Å². The molecule has 0 spiro atoms. The zero-order chi connectivity index (χ0) is 15.4. The van der Waals surface area contributed by atoms with E-state index in [-0.39, 0.29) is 5.82 Å². The van der Waals surface area contributed by atoms with Crippen molar-refractivity contribution < 1.29 is 4.39 Å². The van der Waals surface area contributed by atoms with Crippen LogP contribution in [-0.4, -0.2) is 9.97 Å². The molecule has 1 aromatic heterocycles. The van der Waals surface area contributed by atoms with Gasteiger partial charge >= 0.3 is 0 Å². The van der Waals surface area contributed by atoms with Crippen molar-refractivity contribution in [2.24, 2.45) is 5.84 Å². The number of hydrogen-bond donors (Lipinski definition) is 3. The molecule has 0 amide bonds. The maximum Gasteiger partial charge on any atom is 0.148 e. The zero-order valence-corrected chi connectivity index (χ0v) is 13.5. The predicted octanol–water partition coefficient (Wildman–Crippen LogP) is 3.67. The molecule has 0 aliphatic carbocycles. The minimum absolute atomic E-state index is 0.352. The van der Waals surface area contributed by atoms with Crippen LogP contribution < -0.4 is 16.6 Å². The fraction of sp³-hybridized carbons (Fsp3) is 0.286. The number of rotatable bonds is 5. The number of halogens is 2. The molecule has 2 aromatic rings. The molecule has 0 saturated heterocycles. The normalized spacial score (nSPS) is 10.5. The minimum Gasteiger partial charge on any atom is -0.337 e. The number of hydrazine groups is 1. The third-order valence-corrected chi connectivity index (χ3v) is 3.48. The van der Waals surface area contributed by atoms with E-state index in [9.17, 15) is 4.39 Å². The van der Waals surface area contributed by atoms with E-state index in [0.717, 1.165) is 18.4 Å². The molecule has 4 N–H and O–H groups in total. The molecule has 2 rings (SSSR count). The number of nitrogens with one attached hydrogen (secondary N) is 2. The van der Waals surface area contributed by atoms with Crippen LogP contribution in [0.2, 0.25) is 0 Å². The van der Waals surface area contributed by atoms with E-state index in [4.69, 9.17) is 5.84 Å². The van der Waals surface area contributed by atoms with Gasteiger partial charge in [-0.1, -0.05) is 22.9 Å². The Morgan fingerprint density at radius 2 is 2.00 bits per heavy atom. The van der Waals surface area contributed by atoms with Crippen LogP contribution in [-0.2, 0) is 6.42 Å². The second kappa shape index (κ2) is 6.82. The number of nitrogens with zero attached hydrogens (tertiary/aromatic N) is 2. The van der Waals surface area contributed by atoms with Crippen LogP contribution in [0, 0.1) is 12.7 Å². The maximum absolute atomic E-state index is 13.9. The first kappa shape index (κ1) is 15.7. The number of benzene rings is 1. The van der Waals surface area contributed by atoms with E-state index in [0.29, 0.717) is 27.6 Å². The van der Waals surface area contributed by atoms with Gasteiger partial charge in [0, 0.05) is 16.5 Å². The van der Waals surface area contributed by atoms with Crippen molar-refractivity contribution in [3.8, 4) is 0 Å². The molecule has 0 bridgehead atoms. The zero-order valence-electron chi connectivity index (χ0n) is 11.9. The lowest BCUT2D eigenvalue weighted by molar-refractivity contribution is 0.631. The molecule has 0 atom stereocenters. The van der Waals surface area contributed by atoms with Crippen molar-refractivity contribution >= 4 is 33.3 Å². The highest BCUT2D eigenvalue weighted by molar-refractivity contribution is 9.10.